The van der Waals surface area contributed by atoms with Gasteiger partial charge in [-0.1, -0.05) is 43.1 Å². The zero-order valence-electron chi connectivity index (χ0n) is 12.0. The van der Waals surface area contributed by atoms with Crippen molar-refractivity contribution >= 4 is 11.3 Å². The number of nitrogens with one attached hydrogen (secondary N) is 1. The van der Waals surface area contributed by atoms with Crippen LogP contribution in [0.4, 0.5) is 0 Å². The van der Waals surface area contributed by atoms with Crippen molar-refractivity contribution in [2.45, 2.75) is 65.0 Å². The second-order valence-electron chi connectivity index (χ2n) is 5.72. The van der Waals surface area contributed by atoms with E-state index >= 15 is 0 Å². The molecule has 0 unspecified atom stereocenters. The van der Waals surface area contributed by atoms with E-state index < -0.39 is 0 Å². The van der Waals surface area contributed by atoms with Gasteiger partial charge in [-0.2, -0.15) is 0 Å². The Bertz CT molecular complexity index is 359. The van der Waals surface area contributed by atoms with Gasteiger partial charge >= 0.3 is 0 Å². The molecule has 1 aromatic rings. The molecule has 0 radical (unpaired) electrons. The largest absolute Gasteiger partial charge is 0.466 e. The maximum atomic E-state index is 5.96. The Morgan fingerprint density at radius 3 is 2.63 bits per heavy atom. The van der Waals surface area contributed by atoms with E-state index in [0.717, 1.165) is 23.3 Å². The highest BCUT2D eigenvalue weighted by molar-refractivity contribution is 7.13. The topological polar surface area (TPSA) is 47.0 Å². The third-order valence-corrected chi connectivity index (χ3v) is 4.16. The molecule has 0 amide bonds. The van der Waals surface area contributed by atoms with Gasteiger partial charge in [0.2, 0.25) is 0 Å². The number of nitrogens with zero attached hydrogens (tertiary/aromatic N) is 2. The molecule has 5 heteroatoms. The first-order valence-corrected chi connectivity index (χ1v) is 8.25. The summed E-state index contributed by atoms with van der Waals surface area (Å²) in [6, 6.07) is 0. The summed E-state index contributed by atoms with van der Waals surface area (Å²) in [6.07, 6.45) is 7.95. The predicted molar refractivity (Wildman–Crippen MR) is 78.6 cm³/mol. The van der Waals surface area contributed by atoms with Crippen LogP contribution in [0.25, 0.3) is 0 Å². The third kappa shape index (κ3) is 5.45. The standard InChI is InChI=1S/C14H25N3OS/c1-11(2)9-15-10-13-16-17-14(19-13)18-12-7-5-3-4-6-8-12/h11-12,15H,3-10H2,1-2H3. The maximum absolute atomic E-state index is 5.96. The minimum absolute atomic E-state index is 0.354. The van der Waals surface area contributed by atoms with Gasteiger partial charge in [0.25, 0.3) is 5.19 Å². The van der Waals surface area contributed by atoms with E-state index in [2.05, 4.69) is 29.4 Å². The van der Waals surface area contributed by atoms with Gasteiger partial charge in [0.1, 0.15) is 11.1 Å². The molecule has 1 heterocycles. The Balaban J connectivity index is 1.76. The first kappa shape index (κ1) is 14.7. The number of hydrogen-bond donors (Lipinski definition) is 1. The fourth-order valence-corrected chi connectivity index (χ4v) is 3.05. The van der Waals surface area contributed by atoms with Gasteiger partial charge < -0.3 is 10.1 Å². The molecule has 0 spiro atoms. The lowest BCUT2D eigenvalue weighted by Gasteiger charge is -2.13. The monoisotopic (exact) mass is 283 g/mol. The van der Waals surface area contributed by atoms with Crippen molar-refractivity contribution in [1.29, 1.82) is 0 Å². The van der Waals surface area contributed by atoms with E-state index in [0.29, 0.717) is 12.0 Å². The average molecular weight is 283 g/mol. The predicted octanol–water partition coefficient (Wildman–Crippen LogP) is 3.39. The van der Waals surface area contributed by atoms with Crippen molar-refractivity contribution in [1.82, 2.24) is 15.5 Å². The summed E-state index contributed by atoms with van der Waals surface area (Å²) in [5.41, 5.74) is 0. The Morgan fingerprint density at radius 2 is 1.95 bits per heavy atom. The summed E-state index contributed by atoms with van der Waals surface area (Å²) >= 11 is 1.58. The number of aromatic nitrogens is 2. The highest BCUT2D eigenvalue weighted by atomic mass is 32.1. The molecule has 0 atom stereocenters. The van der Waals surface area contributed by atoms with E-state index in [-0.39, 0.29) is 0 Å². The van der Waals surface area contributed by atoms with Gasteiger partial charge in [-0.25, -0.2) is 0 Å². The van der Waals surface area contributed by atoms with Gasteiger partial charge in [-0.15, -0.1) is 5.10 Å². The van der Waals surface area contributed by atoms with E-state index in [1.54, 1.807) is 11.3 Å². The van der Waals surface area contributed by atoms with Gasteiger partial charge in [0.15, 0.2) is 0 Å². The van der Waals surface area contributed by atoms with E-state index in [4.69, 9.17) is 4.74 Å². The van der Waals surface area contributed by atoms with E-state index in [1.807, 2.05) is 0 Å². The molecule has 4 nitrogen and oxygen atoms in total. The molecular weight excluding hydrogens is 258 g/mol. The molecule has 1 aliphatic carbocycles. The van der Waals surface area contributed by atoms with Crippen LogP contribution in [0, 0.1) is 5.92 Å². The smallest absolute Gasteiger partial charge is 0.294 e. The molecule has 0 aliphatic heterocycles. The number of ether oxygens (including phenoxy) is 1. The Labute approximate surface area is 120 Å². The Kier molecular flexibility index (Phi) is 6.04. The fraction of sp³-hybridized carbons (Fsp3) is 0.857. The molecule has 1 N–H and O–H groups in total. The molecule has 108 valence electrons. The van der Waals surface area contributed by atoms with Crippen LogP contribution in [0.3, 0.4) is 0 Å². The van der Waals surface area contributed by atoms with Gasteiger partial charge in [-0.05, 0) is 38.1 Å². The van der Waals surface area contributed by atoms with Crippen LogP contribution in [0.1, 0.15) is 57.4 Å². The summed E-state index contributed by atoms with van der Waals surface area (Å²) < 4.78 is 5.96. The van der Waals surface area contributed by atoms with Crippen molar-refractivity contribution in [3.05, 3.63) is 5.01 Å². The lowest BCUT2D eigenvalue weighted by atomic mass is 10.2. The van der Waals surface area contributed by atoms with Crippen molar-refractivity contribution < 1.29 is 4.74 Å². The first-order valence-electron chi connectivity index (χ1n) is 7.44. The van der Waals surface area contributed by atoms with Crippen LogP contribution in [-0.4, -0.2) is 22.8 Å². The van der Waals surface area contributed by atoms with Crippen LogP contribution in [-0.2, 0) is 6.54 Å². The van der Waals surface area contributed by atoms with Crippen LogP contribution < -0.4 is 10.1 Å². The third-order valence-electron chi connectivity index (χ3n) is 3.35. The van der Waals surface area contributed by atoms with E-state index in [1.165, 1.54) is 38.5 Å². The molecule has 0 bridgehead atoms. The molecule has 0 saturated heterocycles. The molecule has 19 heavy (non-hydrogen) atoms. The van der Waals surface area contributed by atoms with Crippen molar-refractivity contribution in [2.24, 2.45) is 5.92 Å². The minimum atomic E-state index is 0.354. The SMILES string of the molecule is CC(C)CNCc1nnc(OC2CCCCCC2)s1. The molecule has 2 rings (SSSR count). The van der Waals surface area contributed by atoms with Gasteiger partial charge in [0, 0.05) is 6.54 Å². The number of rotatable bonds is 6. The van der Waals surface area contributed by atoms with Gasteiger partial charge in [-0.3, -0.25) is 0 Å². The Morgan fingerprint density at radius 1 is 1.21 bits per heavy atom. The molecule has 1 fully saturated rings. The maximum Gasteiger partial charge on any atom is 0.294 e. The summed E-state index contributed by atoms with van der Waals surface area (Å²) in [5.74, 6) is 0.662. The number of hydrogen-bond acceptors (Lipinski definition) is 5. The quantitative estimate of drug-likeness (QED) is 0.813. The molecule has 0 aromatic carbocycles. The molecule has 1 saturated carbocycles. The van der Waals surface area contributed by atoms with Crippen molar-refractivity contribution in [2.75, 3.05) is 6.54 Å². The summed E-state index contributed by atoms with van der Waals surface area (Å²) in [5, 5.41) is 13.5. The zero-order valence-corrected chi connectivity index (χ0v) is 12.8. The Hall–Kier alpha value is -0.680. The van der Waals surface area contributed by atoms with Crippen LogP contribution in [0.5, 0.6) is 5.19 Å². The second kappa shape index (κ2) is 7.80. The summed E-state index contributed by atoms with van der Waals surface area (Å²) in [6.45, 7) is 6.21. The first-order chi connectivity index (χ1) is 9.24. The van der Waals surface area contributed by atoms with Gasteiger partial charge in [0.05, 0.1) is 0 Å². The molecule has 1 aliphatic rings. The average Bonchev–Trinajstić information content (AvgIpc) is 2.65. The van der Waals surface area contributed by atoms with Crippen LogP contribution in [0.15, 0.2) is 0 Å². The highest BCUT2D eigenvalue weighted by Gasteiger charge is 2.16. The lowest BCUT2D eigenvalue weighted by Crippen LogP contribution is -2.18. The van der Waals surface area contributed by atoms with Crippen molar-refractivity contribution in [3.63, 3.8) is 0 Å². The minimum Gasteiger partial charge on any atom is -0.466 e. The zero-order chi connectivity index (χ0) is 13.5. The molecular formula is C14H25N3OS. The van der Waals surface area contributed by atoms with E-state index in [9.17, 15) is 0 Å². The summed E-state index contributed by atoms with van der Waals surface area (Å²) in [4.78, 5) is 0. The fourth-order valence-electron chi connectivity index (χ4n) is 2.33. The highest BCUT2D eigenvalue weighted by Crippen LogP contribution is 2.25. The lowest BCUT2D eigenvalue weighted by molar-refractivity contribution is 0.181. The van der Waals surface area contributed by atoms with Crippen LogP contribution in [0.2, 0.25) is 0 Å². The van der Waals surface area contributed by atoms with Crippen LogP contribution >= 0.6 is 11.3 Å². The second-order valence-corrected chi connectivity index (χ2v) is 6.74. The van der Waals surface area contributed by atoms with Crippen molar-refractivity contribution in [3.8, 4) is 5.19 Å². The molecule has 1 aromatic heterocycles. The normalized spacial score (nSPS) is 17.6. The summed E-state index contributed by atoms with van der Waals surface area (Å²) in [7, 11) is 0.